The number of nitrogens with one attached hydrogen (secondary N) is 2. The average molecular weight is 248 g/mol. The minimum Gasteiger partial charge on any atom is -0.367 e. The average Bonchev–Trinajstić information content (AvgIpc) is 2.72. The molecular formula is C12H12N2O2S. The van der Waals surface area contributed by atoms with Crippen LogP contribution in [-0.2, 0) is 6.54 Å². The summed E-state index contributed by atoms with van der Waals surface area (Å²) in [6, 6.07) is 3.34. The fraction of sp³-hybridized carbons (Fsp3) is 0.167. The van der Waals surface area contributed by atoms with Crippen LogP contribution in [0.3, 0.4) is 0 Å². The highest BCUT2D eigenvalue weighted by Crippen LogP contribution is 2.14. The van der Waals surface area contributed by atoms with Gasteiger partial charge in [0.2, 0.25) is 0 Å². The second-order valence-electron chi connectivity index (χ2n) is 3.63. The molecule has 0 aliphatic carbocycles. The van der Waals surface area contributed by atoms with Gasteiger partial charge in [-0.2, -0.15) is 0 Å². The maximum Gasteiger partial charge on any atom is 0.257 e. The molecule has 0 radical (unpaired) electrons. The molecule has 1 amide bonds. The van der Waals surface area contributed by atoms with Crippen molar-refractivity contribution in [1.29, 1.82) is 0 Å². The molecule has 0 bridgehead atoms. The minimum atomic E-state index is -0.348. The van der Waals surface area contributed by atoms with Gasteiger partial charge >= 0.3 is 0 Å². The van der Waals surface area contributed by atoms with E-state index in [4.69, 9.17) is 0 Å². The molecule has 0 saturated carbocycles. The quantitative estimate of drug-likeness (QED) is 0.868. The minimum absolute atomic E-state index is 0.140. The molecule has 88 valence electrons. The SMILES string of the molecule is Cc1ccsc1CNC(=O)c1c[nH]ccc1=O. The summed E-state index contributed by atoms with van der Waals surface area (Å²) in [7, 11) is 0. The number of aryl methyl sites for hydroxylation is 1. The van der Waals surface area contributed by atoms with Gasteiger partial charge in [0.1, 0.15) is 5.56 Å². The highest BCUT2D eigenvalue weighted by Gasteiger charge is 2.09. The lowest BCUT2D eigenvalue weighted by Gasteiger charge is -2.03. The number of pyridine rings is 1. The molecule has 4 nitrogen and oxygen atoms in total. The van der Waals surface area contributed by atoms with Gasteiger partial charge in [-0.15, -0.1) is 11.3 Å². The number of carbonyl (C=O) groups is 1. The van der Waals surface area contributed by atoms with Crippen molar-refractivity contribution in [3.05, 3.63) is 56.1 Å². The monoisotopic (exact) mass is 248 g/mol. The molecule has 17 heavy (non-hydrogen) atoms. The third-order valence-corrected chi connectivity index (χ3v) is 3.47. The highest BCUT2D eigenvalue weighted by atomic mass is 32.1. The van der Waals surface area contributed by atoms with Crippen molar-refractivity contribution in [1.82, 2.24) is 10.3 Å². The molecule has 5 heteroatoms. The zero-order valence-electron chi connectivity index (χ0n) is 9.32. The first-order valence-corrected chi connectivity index (χ1v) is 6.04. The molecule has 2 aromatic rings. The van der Waals surface area contributed by atoms with E-state index in [9.17, 15) is 9.59 Å². The molecule has 0 aliphatic rings. The fourth-order valence-electron chi connectivity index (χ4n) is 1.43. The summed E-state index contributed by atoms with van der Waals surface area (Å²) in [4.78, 5) is 27.0. The summed E-state index contributed by atoms with van der Waals surface area (Å²) >= 11 is 1.59. The summed E-state index contributed by atoms with van der Waals surface area (Å²) in [5, 5.41) is 4.71. The molecule has 0 fully saturated rings. The Morgan fingerprint density at radius 1 is 1.47 bits per heavy atom. The second-order valence-corrected chi connectivity index (χ2v) is 4.63. The summed E-state index contributed by atoms with van der Waals surface area (Å²) in [6.07, 6.45) is 2.92. The first kappa shape index (κ1) is 11.6. The number of amides is 1. The van der Waals surface area contributed by atoms with Gasteiger partial charge in [0.05, 0.1) is 6.54 Å². The van der Waals surface area contributed by atoms with E-state index in [1.165, 1.54) is 18.5 Å². The van der Waals surface area contributed by atoms with Crippen LogP contribution in [0.15, 0.2) is 34.7 Å². The standard InChI is InChI=1S/C12H12N2O2S/c1-8-3-5-17-11(8)7-14-12(16)9-6-13-4-2-10(9)15/h2-6H,7H2,1H3,(H,13,15)(H,14,16). The van der Waals surface area contributed by atoms with E-state index in [0.29, 0.717) is 6.54 Å². The summed E-state index contributed by atoms with van der Waals surface area (Å²) in [5.74, 6) is -0.348. The maximum absolute atomic E-state index is 11.7. The molecule has 0 aromatic carbocycles. The van der Waals surface area contributed by atoms with Crippen LogP contribution in [-0.4, -0.2) is 10.9 Å². The van der Waals surface area contributed by atoms with Crippen LogP contribution in [0.1, 0.15) is 20.8 Å². The zero-order chi connectivity index (χ0) is 12.3. The Kier molecular flexibility index (Phi) is 3.39. The number of carbonyl (C=O) groups excluding carboxylic acids is 1. The molecule has 2 N–H and O–H groups in total. The fourth-order valence-corrected chi connectivity index (χ4v) is 2.28. The molecule has 0 atom stereocenters. The van der Waals surface area contributed by atoms with E-state index in [1.807, 2.05) is 18.4 Å². The largest absolute Gasteiger partial charge is 0.367 e. The lowest BCUT2D eigenvalue weighted by molar-refractivity contribution is 0.0950. The number of aromatic amines is 1. The van der Waals surface area contributed by atoms with Gasteiger partial charge in [0, 0.05) is 23.3 Å². The summed E-state index contributed by atoms with van der Waals surface area (Å²) in [5.41, 5.74) is 1.02. The van der Waals surface area contributed by atoms with Crippen molar-refractivity contribution in [2.45, 2.75) is 13.5 Å². The van der Waals surface area contributed by atoms with Crippen molar-refractivity contribution in [3.63, 3.8) is 0 Å². The first-order chi connectivity index (χ1) is 8.18. The van der Waals surface area contributed by atoms with Gasteiger partial charge in [-0.3, -0.25) is 9.59 Å². The Morgan fingerprint density at radius 3 is 2.94 bits per heavy atom. The number of H-pyrrole nitrogens is 1. The van der Waals surface area contributed by atoms with Crippen LogP contribution in [0.25, 0.3) is 0 Å². The Balaban J connectivity index is 2.06. The first-order valence-electron chi connectivity index (χ1n) is 5.17. The van der Waals surface area contributed by atoms with E-state index in [0.717, 1.165) is 10.4 Å². The van der Waals surface area contributed by atoms with E-state index < -0.39 is 0 Å². The van der Waals surface area contributed by atoms with Crippen molar-refractivity contribution >= 4 is 17.2 Å². The molecule has 0 aliphatic heterocycles. The number of hydrogen-bond donors (Lipinski definition) is 2. The molecule has 0 unspecified atom stereocenters. The van der Waals surface area contributed by atoms with Crippen molar-refractivity contribution < 1.29 is 4.79 Å². The molecule has 0 spiro atoms. The number of hydrogen-bond acceptors (Lipinski definition) is 3. The van der Waals surface area contributed by atoms with Crippen LogP contribution in [0.2, 0.25) is 0 Å². The highest BCUT2D eigenvalue weighted by molar-refractivity contribution is 7.10. The van der Waals surface area contributed by atoms with Crippen LogP contribution in [0.5, 0.6) is 0 Å². The molecular weight excluding hydrogens is 236 g/mol. The maximum atomic E-state index is 11.7. The van der Waals surface area contributed by atoms with Crippen LogP contribution in [0.4, 0.5) is 0 Å². The van der Waals surface area contributed by atoms with Crippen LogP contribution < -0.4 is 10.7 Å². The predicted octanol–water partition coefficient (Wildman–Crippen LogP) is 1.67. The third kappa shape index (κ3) is 2.62. The van der Waals surface area contributed by atoms with E-state index in [2.05, 4.69) is 10.3 Å². The smallest absolute Gasteiger partial charge is 0.257 e. The van der Waals surface area contributed by atoms with Crippen LogP contribution >= 0.6 is 11.3 Å². The van der Waals surface area contributed by atoms with Gasteiger partial charge in [-0.1, -0.05) is 0 Å². The third-order valence-electron chi connectivity index (χ3n) is 2.45. The van der Waals surface area contributed by atoms with Gasteiger partial charge in [0.15, 0.2) is 5.43 Å². The Morgan fingerprint density at radius 2 is 2.29 bits per heavy atom. The van der Waals surface area contributed by atoms with Gasteiger partial charge in [-0.25, -0.2) is 0 Å². The summed E-state index contributed by atoms with van der Waals surface area (Å²) < 4.78 is 0. The van der Waals surface area contributed by atoms with E-state index in [-0.39, 0.29) is 16.9 Å². The van der Waals surface area contributed by atoms with Gasteiger partial charge in [0.25, 0.3) is 5.91 Å². The molecule has 0 saturated heterocycles. The van der Waals surface area contributed by atoms with E-state index in [1.54, 1.807) is 11.3 Å². The lowest BCUT2D eigenvalue weighted by atomic mass is 10.2. The number of thiophene rings is 1. The van der Waals surface area contributed by atoms with Crippen molar-refractivity contribution in [2.24, 2.45) is 0 Å². The Hall–Kier alpha value is -1.88. The molecule has 2 aromatic heterocycles. The zero-order valence-corrected chi connectivity index (χ0v) is 10.1. The normalized spacial score (nSPS) is 10.2. The summed E-state index contributed by atoms with van der Waals surface area (Å²) in [6.45, 7) is 2.45. The Bertz CT molecular complexity index is 586. The predicted molar refractivity (Wildman–Crippen MR) is 67.3 cm³/mol. The van der Waals surface area contributed by atoms with Crippen LogP contribution in [0, 0.1) is 6.92 Å². The van der Waals surface area contributed by atoms with Crippen molar-refractivity contribution in [3.8, 4) is 0 Å². The molecule has 2 heterocycles. The van der Waals surface area contributed by atoms with Crippen molar-refractivity contribution in [2.75, 3.05) is 0 Å². The van der Waals surface area contributed by atoms with Gasteiger partial charge in [-0.05, 0) is 23.9 Å². The number of rotatable bonds is 3. The van der Waals surface area contributed by atoms with Gasteiger partial charge < -0.3 is 10.3 Å². The Labute approximate surface area is 102 Å². The molecule has 2 rings (SSSR count). The van der Waals surface area contributed by atoms with E-state index >= 15 is 0 Å². The lowest BCUT2D eigenvalue weighted by Crippen LogP contribution is -2.27. The number of aromatic nitrogens is 1. The second kappa shape index (κ2) is 4.97. The topological polar surface area (TPSA) is 62.0 Å².